The van der Waals surface area contributed by atoms with E-state index in [1.165, 1.54) is 28.6 Å². The number of anilines is 1. The predicted octanol–water partition coefficient (Wildman–Crippen LogP) is 2.97. The summed E-state index contributed by atoms with van der Waals surface area (Å²) in [4.78, 5) is 39.6. The van der Waals surface area contributed by atoms with Crippen molar-refractivity contribution in [3.8, 4) is 0 Å². The molecule has 0 aliphatic carbocycles. The number of hydrogen-bond donors (Lipinski definition) is 2. The largest absolute Gasteiger partial charge is 0.325 e. The molecule has 2 aliphatic rings. The maximum absolute atomic E-state index is 13.2. The first-order valence-electron chi connectivity index (χ1n) is 11.8. The summed E-state index contributed by atoms with van der Waals surface area (Å²) < 4.78 is 27.1. The summed E-state index contributed by atoms with van der Waals surface area (Å²) in [5.41, 5.74) is 0.857. The molecule has 4 rings (SSSR count). The van der Waals surface area contributed by atoms with E-state index in [1.807, 2.05) is 19.1 Å². The molecule has 1 atom stereocenters. The van der Waals surface area contributed by atoms with Gasteiger partial charge in [0.1, 0.15) is 12.1 Å². The Morgan fingerprint density at radius 2 is 1.63 bits per heavy atom. The molecule has 9 nitrogen and oxygen atoms in total. The third-order valence-electron chi connectivity index (χ3n) is 6.64. The highest BCUT2D eigenvalue weighted by molar-refractivity contribution is 7.89. The average Bonchev–Trinajstić information content (AvgIpc) is 3.10. The number of nitrogens with zero attached hydrogens (tertiary/aromatic N) is 2. The minimum absolute atomic E-state index is 0.164. The van der Waals surface area contributed by atoms with Gasteiger partial charge in [0.2, 0.25) is 15.9 Å². The normalized spacial score (nSPS) is 21.1. The monoisotopic (exact) mass is 498 g/mol. The van der Waals surface area contributed by atoms with Crippen LogP contribution < -0.4 is 10.6 Å². The van der Waals surface area contributed by atoms with Gasteiger partial charge in [0.15, 0.2) is 0 Å². The lowest BCUT2D eigenvalue weighted by atomic mass is 9.87. The molecular weight excluding hydrogens is 468 g/mol. The second kappa shape index (κ2) is 9.79. The van der Waals surface area contributed by atoms with Crippen LogP contribution in [0.5, 0.6) is 0 Å². The molecule has 10 heteroatoms. The second-order valence-corrected chi connectivity index (χ2v) is 10.9. The molecule has 2 N–H and O–H groups in total. The minimum Gasteiger partial charge on any atom is -0.325 e. The van der Waals surface area contributed by atoms with E-state index in [-0.39, 0.29) is 4.90 Å². The number of carbonyl (C=O) groups excluding carboxylic acids is 3. The molecule has 2 fully saturated rings. The molecule has 0 aromatic heterocycles. The lowest BCUT2D eigenvalue weighted by Crippen LogP contribution is -2.44. The van der Waals surface area contributed by atoms with Crippen molar-refractivity contribution in [2.45, 2.75) is 50.0 Å². The molecule has 2 saturated heterocycles. The zero-order chi connectivity index (χ0) is 25.2. The topological polar surface area (TPSA) is 116 Å². The number of amides is 4. The van der Waals surface area contributed by atoms with Crippen molar-refractivity contribution in [2.75, 3.05) is 25.0 Å². The van der Waals surface area contributed by atoms with Gasteiger partial charge in [-0.05, 0) is 56.0 Å². The summed E-state index contributed by atoms with van der Waals surface area (Å²) in [6, 6.07) is 12.6. The number of hydrogen-bond acceptors (Lipinski definition) is 5. The van der Waals surface area contributed by atoms with E-state index in [9.17, 15) is 22.8 Å². The molecular formula is C25H30N4O5S. The van der Waals surface area contributed by atoms with Gasteiger partial charge in [0.05, 0.1) is 4.90 Å². The minimum atomic E-state index is -3.57. The van der Waals surface area contributed by atoms with Gasteiger partial charge in [-0.1, -0.05) is 43.2 Å². The van der Waals surface area contributed by atoms with Crippen molar-refractivity contribution >= 4 is 33.6 Å². The Labute approximate surface area is 205 Å². The van der Waals surface area contributed by atoms with Crippen LogP contribution in [0.1, 0.15) is 43.7 Å². The number of nitrogens with one attached hydrogen (secondary N) is 2. The molecule has 35 heavy (non-hydrogen) atoms. The SMILES string of the molecule is CC[C@@]1(c2ccc(C)cc2)NC(=O)N(CC(=O)Nc2ccc(S(=O)(=O)N3CCCCC3)cc2)C1=O. The quantitative estimate of drug-likeness (QED) is 0.570. The lowest BCUT2D eigenvalue weighted by Gasteiger charge is -2.26. The van der Waals surface area contributed by atoms with Gasteiger partial charge >= 0.3 is 6.03 Å². The van der Waals surface area contributed by atoms with Crippen molar-refractivity contribution in [1.82, 2.24) is 14.5 Å². The third-order valence-corrected chi connectivity index (χ3v) is 8.56. The summed E-state index contributed by atoms with van der Waals surface area (Å²) in [6.45, 7) is 4.31. The maximum Gasteiger partial charge on any atom is 0.325 e. The highest BCUT2D eigenvalue weighted by atomic mass is 32.2. The van der Waals surface area contributed by atoms with Crippen molar-refractivity contribution in [3.63, 3.8) is 0 Å². The Morgan fingerprint density at radius 1 is 1.00 bits per heavy atom. The van der Waals surface area contributed by atoms with Crippen LogP contribution in [0.3, 0.4) is 0 Å². The third kappa shape index (κ3) is 4.81. The molecule has 186 valence electrons. The summed E-state index contributed by atoms with van der Waals surface area (Å²) in [7, 11) is -3.57. The fourth-order valence-corrected chi connectivity index (χ4v) is 6.07. The van der Waals surface area contributed by atoms with E-state index in [0.29, 0.717) is 30.8 Å². The second-order valence-electron chi connectivity index (χ2n) is 8.98. The smallest absolute Gasteiger partial charge is 0.325 e. The van der Waals surface area contributed by atoms with Crippen LogP contribution in [0.25, 0.3) is 0 Å². The summed E-state index contributed by atoms with van der Waals surface area (Å²) in [6.07, 6.45) is 3.06. The van der Waals surface area contributed by atoms with Crippen LogP contribution in [0.2, 0.25) is 0 Å². The van der Waals surface area contributed by atoms with Crippen LogP contribution >= 0.6 is 0 Å². The molecule has 0 bridgehead atoms. The number of urea groups is 1. The molecule has 2 aliphatic heterocycles. The summed E-state index contributed by atoms with van der Waals surface area (Å²) in [5.74, 6) is -1.04. The first-order chi connectivity index (χ1) is 16.7. The van der Waals surface area contributed by atoms with Gasteiger partial charge in [-0.3, -0.25) is 14.5 Å². The van der Waals surface area contributed by atoms with E-state index in [0.717, 1.165) is 29.7 Å². The van der Waals surface area contributed by atoms with Gasteiger partial charge in [0.25, 0.3) is 5.91 Å². The highest BCUT2D eigenvalue weighted by Crippen LogP contribution is 2.32. The number of imide groups is 1. The fourth-order valence-electron chi connectivity index (χ4n) is 4.56. The fraction of sp³-hybridized carbons (Fsp3) is 0.400. The number of aryl methyl sites for hydroxylation is 1. The van der Waals surface area contributed by atoms with Crippen LogP contribution in [-0.4, -0.2) is 55.1 Å². The number of benzene rings is 2. The lowest BCUT2D eigenvalue weighted by molar-refractivity contribution is -0.134. The molecule has 2 heterocycles. The molecule has 0 radical (unpaired) electrons. The van der Waals surface area contributed by atoms with Crippen molar-refractivity contribution < 1.29 is 22.8 Å². The maximum atomic E-state index is 13.2. The molecule has 2 aromatic carbocycles. The van der Waals surface area contributed by atoms with Gasteiger partial charge in [-0.2, -0.15) is 4.31 Å². The molecule has 4 amide bonds. The zero-order valence-electron chi connectivity index (χ0n) is 19.9. The molecule has 2 aromatic rings. The van der Waals surface area contributed by atoms with Crippen molar-refractivity contribution in [3.05, 3.63) is 59.7 Å². The van der Waals surface area contributed by atoms with Crippen LogP contribution in [0, 0.1) is 6.92 Å². The van der Waals surface area contributed by atoms with Gasteiger partial charge in [-0.15, -0.1) is 0 Å². The number of piperidine rings is 1. The molecule has 0 spiro atoms. The number of carbonyl (C=O) groups is 3. The Kier molecular flexibility index (Phi) is 6.95. The predicted molar refractivity (Wildman–Crippen MR) is 131 cm³/mol. The van der Waals surface area contributed by atoms with E-state index < -0.39 is 40.0 Å². The van der Waals surface area contributed by atoms with E-state index in [1.54, 1.807) is 19.1 Å². The van der Waals surface area contributed by atoms with Crippen molar-refractivity contribution in [2.24, 2.45) is 0 Å². The summed E-state index contributed by atoms with van der Waals surface area (Å²) in [5, 5.41) is 5.40. The van der Waals surface area contributed by atoms with E-state index in [4.69, 9.17) is 0 Å². The first-order valence-corrected chi connectivity index (χ1v) is 13.2. The standard InChI is InChI=1S/C25H30N4O5S/c1-3-25(19-9-7-18(2)8-10-19)23(31)29(24(32)27-25)17-22(30)26-20-11-13-21(14-12-20)35(33,34)28-15-5-4-6-16-28/h7-14H,3-6,15-17H2,1-2H3,(H,26,30)(H,27,32)/t25-/m0/s1. The summed E-state index contributed by atoms with van der Waals surface area (Å²) >= 11 is 0. The van der Waals surface area contributed by atoms with E-state index in [2.05, 4.69) is 10.6 Å². The van der Waals surface area contributed by atoms with Gasteiger partial charge in [0, 0.05) is 18.8 Å². The van der Waals surface area contributed by atoms with Crippen LogP contribution in [0.15, 0.2) is 53.4 Å². The van der Waals surface area contributed by atoms with Gasteiger partial charge in [-0.25, -0.2) is 13.2 Å². The Balaban J connectivity index is 1.43. The average molecular weight is 499 g/mol. The Hall–Kier alpha value is -3.24. The number of sulfonamides is 1. The van der Waals surface area contributed by atoms with Crippen LogP contribution in [-0.2, 0) is 25.2 Å². The highest BCUT2D eigenvalue weighted by Gasteiger charge is 2.51. The molecule has 0 unspecified atom stereocenters. The van der Waals surface area contributed by atoms with Gasteiger partial charge < -0.3 is 10.6 Å². The Bertz CT molecular complexity index is 1220. The van der Waals surface area contributed by atoms with Crippen LogP contribution in [0.4, 0.5) is 10.5 Å². The van der Waals surface area contributed by atoms with E-state index >= 15 is 0 Å². The van der Waals surface area contributed by atoms with Crippen molar-refractivity contribution in [1.29, 1.82) is 0 Å². The Morgan fingerprint density at radius 3 is 2.23 bits per heavy atom. The first kappa shape index (κ1) is 24.9. The number of rotatable bonds is 7. The molecule has 0 saturated carbocycles. The zero-order valence-corrected chi connectivity index (χ0v) is 20.7.